The zero-order valence-electron chi connectivity index (χ0n) is 22.5. The average Bonchev–Trinajstić information content (AvgIpc) is 2.91. The minimum absolute atomic E-state index is 0.0345. The number of hydrogen-bond acceptors (Lipinski definition) is 7. The first-order valence-corrected chi connectivity index (χ1v) is 14.4. The Bertz CT molecular complexity index is 1190. The maximum Gasteiger partial charge on any atom is 0.243 e. The molecule has 218 valence electrons. The topological polar surface area (TPSA) is 185 Å². The number of hydrogen-bond donors (Lipinski definition) is 5. The Morgan fingerprint density at radius 2 is 1.57 bits per heavy atom. The molecule has 4 atom stereocenters. The molecule has 13 heteroatoms. The molecule has 0 aromatic heterocycles. The van der Waals surface area contributed by atoms with E-state index in [1.807, 2.05) is 0 Å². The van der Waals surface area contributed by atoms with Gasteiger partial charge < -0.3 is 32.1 Å². The number of likely N-dealkylation sites (N-methyl/N-ethyl adjacent to an activating group) is 1. The van der Waals surface area contributed by atoms with Crippen LogP contribution in [0, 0.1) is 5.82 Å². The number of aromatic hydroxyl groups is 1. The second-order valence-corrected chi connectivity index (χ2v) is 10.8. The Hall–Kier alpha value is -3.84. The fraction of sp³-hybridized carbons (Fsp3) is 0.407. The smallest absolute Gasteiger partial charge is 0.243 e. The number of benzene rings is 2. The zero-order valence-corrected chi connectivity index (χ0v) is 23.3. The number of carbonyl (C=O) groups is 4. The molecule has 40 heavy (non-hydrogen) atoms. The van der Waals surface area contributed by atoms with Gasteiger partial charge in [0, 0.05) is 35.8 Å². The molecule has 0 saturated carbocycles. The number of primary amides is 1. The van der Waals surface area contributed by atoms with Gasteiger partial charge in [-0.3, -0.25) is 23.4 Å². The van der Waals surface area contributed by atoms with Gasteiger partial charge in [0.2, 0.25) is 23.6 Å². The number of nitrogens with two attached hydrogens (primary N) is 2. The standard InChI is InChI=1S/C27H36FN5O6S/c1-3-33(23(25(30)36)15-18-4-8-19(28)9-5-18)24(35)16-31-27(38)22(12-13-40(2)39)32-26(37)21(29)14-17-6-10-20(34)11-7-17/h4-11,21-23,34H,3,12-16,29H2,1-2H3,(H2,30,36)(H,31,38)(H,32,37)/t21-,22+,23?,40?/m1/s1. The van der Waals surface area contributed by atoms with Crippen molar-refractivity contribution in [3.8, 4) is 5.75 Å². The molecule has 0 bridgehead atoms. The van der Waals surface area contributed by atoms with E-state index in [4.69, 9.17) is 11.5 Å². The Balaban J connectivity index is 2.05. The van der Waals surface area contributed by atoms with Crippen LogP contribution < -0.4 is 22.1 Å². The first-order valence-electron chi connectivity index (χ1n) is 12.7. The largest absolute Gasteiger partial charge is 0.508 e. The van der Waals surface area contributed by atoms with Gasteiger partial charge in [-0.15, -0.1) is 0 Å². The zero-order chi connectivity index (χ0) is 29.8. The van der Waals surface area contributed by atoms with Crippen molar-refractivity contribution in [1.82, 2.24) is 15.5 Å². The van der Waals surface area contributed by atoms with Crippen LogP contribution in [-0.2, 0) is 42.8 Å². The van der Waals surface area contributed by atoms with E-state index >= 15 is 0 Å². The third-order valence-corrected chi connectivity index (χ3v) is 6.99. The van der Waals surface area contributed by atoms with E-state index in [0.29, 0.717) is 11.1 Å². The molecule has 0 heterocycles. The maximum atomic E-state index is 13.3. The lowest BCUT2D eigenvalue weighted by Gasteiger charge is -2.29. The second kappa shape index (κ2) is 15.7. The van der Waals surface area contributed by atoms with Crippen LogP contribution in [0.1, 0.15) is 24.5 Å². The molecular weight excluding hydrogens is 541 g/mol. The summed E-state index contributed by atoms with van der Waals surface area (Å²) in [4.78, 5) is 52.1. The van der Waals surface area contributed by atoms with Crippen LogP contribution in [0.4, 0.5) is 4.39 Å². The van der Waals surface area contributed by atoms with Gasteiger partial charge in [0.1, 0.15) is 23.7 Å². The highest BCUT2D eigenvalue weighted by Crippen LogP contribution is 2.12. The lowest BCUT2D eigenvalue weighted by Crippen LogP contribution is -2.55. The highest BCUT2D eigenvalue weighted by Gasteiger charge is 2.29. The van der Waals surface area contributed by atoms with Crippen molar-refractivity contribution in [2.75, 3.05) is 25.1 Å². The van der Waals surface area contributed by atoms with Gasteiger partial charge >= 0.3 is 0 Å². The van der Waals surface area contributed by atoms with Crippen molar-refractivity contribution in [2.45, 2.75) is 44.3 Å². The van der Waals surface area contributed by atoms with Crippen molar-refractivity contribution in [1.29, 1.82) is 0 Å². The van der Waals surface area contributed by atoms with Gasteiger partial charge in [0.15, 0.2) is 0 Å². The van der Waals surface area contributed by atoms with Crippen molar-refractivity contribution >= 4 is 34.4 Å². The minimum atomic E-state index is -1.25. The van der Waals surface area contributed by atoms with Gasteiger partial charge in [-0.05, 0) is 55.2 Å². The van der Waals surface area contributed by atoms with Crippen LogP contribution in [0.2, 0.25) is 0 Å². The first kappa shape index (κ1) is 32.4. The SMILES string of the molecule is CCN(C(=O)CNC(=O)[C@H](CCS(C)=O)NC(=O)[C@H](N)Cc1ccc(O)cc1)C(Cc1ccc(F)cc1)C(N)=O. The van der Waals surface area contributed by atoms with E-state index in [0.717, 1.165) is 0 Å². The highest BCUT2D eigenvalue weighted by atomic mass is 32.2. The fourth-order valence-electron chi connectivity index (χ4n) is 3.98. The van der Waals surface area contributed by atoms with E-state index in [9.17, 15) is 32.9 Å². The molecule has 0 radical (unpaired) electrons. The van der Waals surface area contributed by atoms with Crippen molar-refractivity contribution in [3.05, 3.63) is 65.5 Å². The van der Waals surface area contributed by atoms with Crippen LogP contribution >= 0.6 is 0 Å². The lowest BCUT2D eigenvalue weighted by molar-refractivity contribution is -0.139. The molecule has 0 fully saturated rings. The molecule has 0 aliphatic carbocycles. The Morgan fingerprint density at radius 3 is 2.12 bits per heavy atom. The Morgan fingerprint density at radius 1 is 1.00 bits per heavy atom. The number of nitrogens with one attached hydrogen (secondary N) is 2. The lowest BCUT2D eigenvalue weighted by atomic mass is 10.0. The summed E-state index contributed by atoms with van der Waals surface area (Å²) in [6.07, 6.45) is 1.70. The van der Waals surface area contributed by atoms with Gasteiger partial charge in [0.05, 0.1) is 12.6 Å². The molecule has 0 aliphatic rings. The number of amides is 4. The summed E-state index contributed by atoms with van der Waals surface area (Å²) in [7, 11) is -1.25. The molecule has 0 aliphatic heterocycles. The third-order valence-electron chi connectivity index (χ3n) is 6.18. The molecule has 2 aromatic rings. The maximum absolute atomic E-state index is 13.3. The normalized spacial score (nSPS) is 13.9. The third kappa shape index (κ3) is 10.4. The van der Waals surface area contributed by atoms with Gasteiger partial charge in [0.25, 0.3) is 0 Å². The highest BCUT2D eigenvalue weighted by molar-refractivity contribution is 7.84. The monoisotopic (exact) mass is 577 g/mol. The molecule has 11 nitrogen and oxygen atoms in total. The van der Waals surface area contributed by atoms with Crippen LogP contribution in [0.15, 0.2) is 48.5 Å². The predicted molar refractivity (Wildman–Crippen MR) is 149 cm³/mol. The van der Waals surface area contributed by atoms with Crippen molar-refractivity contribution in [3.63, 3.8) is 0 Å². The summed E-state index contributed by atoms with van der Waals surface area (Å²) < 4.78 is 24.9. The Labute approximate surface area is 234 Å². The van der Waals surface area contributed by atoms with Crippen LogP contribution in [0.25, 0.3) is 0 Å². The number of carbonyl (C=O) groups excluding carboxylic acids is 4. The van der Waals surface area contributed by atoms with E-state index in [1.54, 1.807) is 19.1 Å². The van der Waals surface area contributed by atoms with Crippen molar-refractivity contribution < 1.29 is 32.9 Å². The van der Waals surface area contributed by atoms with Crippen LogP contribution in [-0.4, -0.2) is 81.1 Å². The number of phenols is 1. The average molecular weight is 578 g/mol. The summed E-state index contributed by atoms with van der Waals surface area (Å²) in [5.41, 5.74) is 12.9. The summed E-state index contributed by atoms with van der Waals surface area (Å²) in [5.74, 6) is -2.92. The molecule has 0 saturated heterocycles. The van der Waals surface area contributed by atoms with Gasteiger partial charge in [-0.1, -0.05) is 24.3 Å². The number of phenolic OH excluding ortho intramolecular Hbond substituents is 1. The second-order valence-electron chi connectivity index (χ2n) is 9.25. The molecule has 4 amide bonds. The van der Waals surface area contributed by atoms with Crippen LogP contribution in [0.5, 0.6) is 5.75 Å². The summed E-state index contributed by atoms with van der Waals surface area (Å²) in [6.45, 7) is 1.28. The summed E-state index contributed by atoms with van der Waals surface area (Å²) >= 11 is 0. The first-order chi connectivity index (χ1) is 18.9. The molecule has 2 aromatic carbocycles. The molecule has 0 spiro atoms. The van der Waals surface area contributed by atoms with Crippen LogP contribution in [0.3, 0.4) is 0 Å². The quantitative estimate of drug-likeness (QED) is 0.193. The van der Waals surface area contributed by atoms with Gasteiger partial charge in [-0.25, -0.2) is 4.39 Å². The number of nitrogens with zero attached hydrogens (tertiary/aromatic N) is 1. The molecule has 2 unspecified atom stereocenters. The van der Waals surface area contributed by atoms with E-state index < -0.39 is 64.9 Å². The number of halogens is 1. The van der Waals surface area contributed by atoms with Crippen molar-refractivity contribution in [2.24, 2.45) is 11.5 Å². The molecule has 2 rings (SSSR count). The molecular formula is C27H36FN5O6S. The minimum Gasteiger partial charge on any atom is -0.508 e. The summed E-state index contributed by atoms with van der Waals surface area (Å²) in [5, 5.41) is 14.4. The predicted octanol–water partition coefficient (Wildman–Crippen LogP) is -0.284. The van der Waals surface area contributed by atoms with Gasteiger partial charge in [-0.2, -0.15) is 0 Å². The van der Waals surface area contributed by atoms with E-state index in [2.05, 4.69) is 10.6 Å². The van der Waals surface area contributed by atoms with E-state index in [1.165, 1.54) is 47.6 Å². The number of rotatable bonds is 15. The Kier molecular flexibility index (Phi) is 12.7. The molecule has 7 N–H and O–H groups in total. The fourth-order valence-corrected chi connectivity index (χ4v) is 4.54. The van der Waals surface area contributed by atoms with E-state index in [-0.39, 0.29) is 37.3 Å². The summed E-state index contributed by atoms with van der Waals surface area (Å²) in [6, 6.07) is 8.46.